The van der Waals surface area contributed by atoms with Crippen LogP contribution in [-0.2, 0) is 5.41 Å². The summed E-state index contributed by atoms with van der Waals surface area (Å²) in [7, 11) is 0. The van der Waals surface area contributed by atoms with Crippen molar-refractivity contribution in [1.82, 2.24) is 10.3 Å². The second kappa shape index (κ2) is 5.49. The summed E-state index contributed by atoms with van der Waals surface area (Å²) in [5.74, 6) is 0.839. The normalized spacial score (nSPS) is 16.7. The number of hydrogen-bond acceptors (Lipinski definition) is 3. The Morgan fingerprint density at radius 3 is 2.85 bits per heavy atom. The van der Waals surface area contributed by atoms with Gasteiger partial charge in [-0.2, -0.15) is 0 Å². The third kappa shape index (κ3) is 2.41. The molecule has 0 atom stereocenters. The first kappa shape index (κ1) is 15.3. The summed E-state index contributed by atoms with van der Waals surface area (Å²) in [6.45, 7) is 0.699. The molecule has 2 N–H and O–H groups in total. The summed E-state index contributed by atoms with van der Waals surface area (Å²) in [5, 5.41) is 3.91. The first-order valence-corrected chi connectivity index (χ1v) is 8.60. The Kier molecular flexibility index (Phi) is 3.22. The van der Waals surface area contributed by atoms with Gasteiger partial charge in [0, 0.05) is 34.6 Å². The van der Waals surface area contributed by atoms with Crippen molar-refractivity contribution < 1.29 is 18.7 Å². The molecule has 0 radical (unpaired) electrons. The van der Waals surface area contributed by atoms with Crippen LogP contribution in [0.5, 0.6) is 11.5 Å². The highest BCUT2D eigenvalue weighted by molar-refractivity contribution is 5.95. The van der Waals surface area contributed by atoms with E-state index >= 15 is 0 Å². The molecule has 0 saturated heterocycles. The zero-order valence-corrected chi connectivity index (χ0v) is 14.0. The fourth-order valence-corrected chi connectivity index (χ4v) is 3.61. The molecule has 1 saturated carbocycles. The van der Waals surface area contributed by atoms with Crippen molar-refractivity contribution in [2.24, 2.45) is 0 Å². The third-order valence-electron chi connectivity index (χ3n) is 5.29. The Morgan fingerprint density at radius 2 is 2.00 bits per heavy atom. The van der Waals surface area contributed by atoms with Gasteiger partial charge < -0.3 is 19.8 Å². The van der Waals surface area contributed by atoms with Gasteiger partial charge in [0.25, 0.3) is 5.91 Å². The van der Waals surface area contributed by atoms with E-state index < -0.39 is 0 Å². The standard InChI is InChI=1S/C20H17FN2O3/c21-13-2-3-16-14(8-13)15(9-22-16)20(5-6-20)10-23-19(24)12-1-4-17-18(7-12)26-11-25-17/h1-4,7-9,22H,5-6,10-11H2,(H,23,24). The zero-order chi connectivity index (χ0) is 17.7. The van der Waals surface area contributed by atoms with Crippen LogP contribution in [0.2, 0.25) is 0 Å². The molecule has 1 aromatic heterocycles. The van der Waals surface area contributed by atoms with Gasteiger partial charge in [0.2, 0.25) is 6.79 Å². The van der Waals surface area contributed by atoms with Crippen molar-refractivity contribution in [2.45, 2.75) is 18.3 Å². The topological polar surface area (TPSA) is 63.4 Å². The molecule has 132 valence electrons. The maximum absolute atomic E-state index is 13.6. The maximum atomic E-state index is 13.6. The van der Waals surface area contributed by atoms with Gasteiger partial charge in [0.05, 0.1) is 0 Å². The molecular weight excluding hydrogens is 335 g/mol. The fraction of sp³-hybridized carbons (Fsp3) is 0.250. The molecule has 0 unspecified atom stereocenters. The Bertz CT molecular complexity index is 1020. The van der Waals surface area contributed by atoms with Crippen molar-refractivity contribution in [1.29, 1.82) is 0 Å². The summed E-state index contributed by atoms with van der Waals surface area (Å²) in [6.07, 6.45) is 3.87. The van der Waals surface area contributed by atoms with Crippen molar-refractivity contribution in [3.63, 3.8) is 0 Å². The fourth-order valence-electron chi connectivity index (χ4n) is 3.61. The largest absolute Gasteiger partial charge is 0.454 e. The van der Waals surface area contributed by atoms with Crippen LogP contribution in [0.3, 0.4) is 0 Å². The minimum absolute atomic E-state index is 0.127. The molecule has 1 amide bonds. The second-order valence-electron chi connectivity index (χ2n) is 6.92. The van der Waals surface area contributed by atoms with Gasteiger partial charge in [-0.05, 0) is 54.8 Å². The van der Waals surface area contributed by atoms with E-state index in [1.54, 1.807) is 30.3 Å². The smallest absolute Gasteiger partial charge is 0.251 e. The first-order chi connectivity index (χ1) is 12.6. The summed E-state index contributed by atoms with van der Waals surface area (Å²) in [5.41, 5.74) is 2.39. The third-order valence-corrected chi connectivity index (χ3v) is 5.29. The molecule has 26 heavy (non-hydrogen) atoms. The van der Waals surface area contributed by atoms with Gasteiger partial charge in [-0.1, -0.05) is 0 Å². The zero-order valence-electron chi connectivity index (χ0n) is 14.0. The van der Waals surface area contributed by atoms with Gasteiger partial charge in [-0.3, -0.25) is 4.79 Å². The molecule has 1 aliphatic heterocycles. The van der Waals surface area contributed by atoms with E-state index in [1.807, 2.05) is 6.20 Å². The molecule has 3 aromatic rings. The molecule has 5 nitrogen and oxygen atoms in total. The minimum Gasteiger partial charge on any atom is -0.454 e. The van der Waals surface area contributed by atoms with Crippen molar-refractivity contribution in [2.75, 3.05) is 13.3 Å². The van der Waals surface area contributed by atoms with Crippen LogP contribution in [0.1, 0.15) is 28.8 Å². The van der Waals surface area contributed by atoms with Gasteiger partial charge in [-0.25, -0.2) is 4.39 Å². The number of fused-ring (bicyclic) bond motifs is 2. The first-order valence-electron chi connectivity index (χ1n) is 8.60. The summed E-state index contributed by atoms with van der Waals surface area (Å²) >= 11 is 0. The lowest BCUT2D eigenvalue weighted by molar-refractivity contribution is 0.0949. The Labute approximate surface area is 149 Å². The second-order valence-corrected chi connectivity index (χ2v) is 6.92. The molecule has 2 aliphatic rings. The van der Waals surface area contributed by atoms with E-state index in [0.717, 1.165) is 29.3 Å². The number of H-pyrrole nitrogens is 1. The monoisotopic (exact) mass is 352 g/mol. The Hall–Kier alpha value is -3.02. The van der Waals surface area contributed by atoms with E-state index in [9.17, 15) is 9.18 Å². The molecule has 1 fully saturated rings. The lowest BCUT2D eigenvalue weighted by atomic mass is 9.95. The van der Waals surface area contributed by atoms with Crippen LogP contribution < -0.4 is 14.8 Å². The van der Waals surface area contributed by atoms with Crippen molar-refractivity contribution in [3.8, 4) is 11.5 Å². The average Bonchev–Trinajstić information content (AvgIpc) is 3.09. The number of rotatable bonds is 4. The van der Waals surface area contributed by atoms with Crippen LogP contribution in [0.4, 0.5) is 4.39 Å². The Balaban J connectivity index is 1.36. The number of aromatic amines is 1. The number of carbonyl (C=O) groups is 1. The number of benzene rings is 2. The van der Waals surface area contributed by atoms with E-state index in [1.165, 1.54) is 6.07 Å². The molecule has 6 heteroatoms. The van der Waals surface area contributed by atoms with Gasteiger partial charge in [0.1, 0.15) is 5.82 Å². The maximum Gasteiger partial charge on any atom is 0.251 e. The van der Waals surface area contributed by atoms with Crippen molar-refractivity contribution >= 4 is 16.8 Å². The summed E-state index contributed by atoms with van der Waals surface area (Å²) < 4.78 is 24.2. The summed E-state index contributed by atoms with van der Waals surface area (Å²) in [4.78, 5) is 15.7. The highest BCUT2D eigenvalue weighted by Crippen LogP contribution is 2.50. The van der Waals surface area contributed by atoms with Gasteiger partial charge in [-0.15, -0.1) is 0 Å². The van der Waals surface area contributed by atoms with Crippen LogP contribution >= 0.6 is 0 Å². The molecular formula is C20H17FN2O3. The quantitative estimate of drug-likeness (QED) is 0.755. The molecule has 0 spiro atoms. The number of nitrogens with one attached hydrogen (secondary N) is 2. The predicted octanol–water partition coefficient (Wildman–Crippen LogP) is 3.50. The molecule has 0 bridgehead atoms. The van der Waals surface area contributed by atoms with E-state index in [2.05, 4.69) is 10.3 Å². The summed E-state index contributed by atoms with van der Waals surface area (Å²) in [6, 6.07) is 9.91. The minimum atomic E-state index is -0.251. The predicted molar refractivity (Wildman–Crippen MR) is 94.1 cm³/mol. The number of ether oxygens (including phenoxy) is 2. The molecule has 2 aromatic carbocycles. The number of amides is 1. The van der Waals surface area contributed by atoms with E-state index in [-0.39, 0.29) is 23.9 Å². The van der Waals surface area contributed by atoms with Crippen LogP contribution in [0.25, 0.3) is 10.9 Å². The van der Waals surface area contributed by atoms with Crippen LogP contribution in [0, 0.1) is 5.82 Å². The number of carbonyl (C=O) groups excluding carboxylic acids is 1. The van der Waals surface area contributed by atoms with Crippen LogP contribution in [-0.4, -0.2) is 24.2 Å². The highest BCUT2D eigenvalue weighted by Gasteiger charge is 2.46. The Morgan fingerprint density at radius 1 is 1.15 bits per heavy atom. The SMILES string of the molecule is O=C(NCC1(c2c[nH]c3ccc(F)cc23)CC1)c1ccc2c(c1)OCO2. The highest BCUT2D eigenvalue weighted by atomic mass is 19.1. The molecule has 2 heterocycles. The number of hydrogen-bond donors (Lipinski definition) is 2. The van der Waals surface area contributed by atoms with Gasteiger partial charge in [0.15, 0.2) is 11.5 Å². The van der Waals surface area contributed by atoms with Crippen molar-refractivity contribution in [3.05, 3.63) is 59.5 Å². The van der Waals surface area contributed by atoms with Crippen LogP contribution in [0.15, 0.2) is 42.6 Å². The lowest BCUT2D eigenvalue weighted by Gasteiger charge is -2.16. The number of halogens is 1. The van der Waals surface area contributed by atoms with E-state index in [0.29, 0.717) is 23.6 Å². The average molecular weight is 352 g/mol. The lowest BCUT2D eigenvalue weighted by Crippen LogP contribution is -2.32. The van der Waals surface area contributed by atoms with Gasteiger partial charge >= 0.3 is 0 Å². The molecule has 1 aliphatic carbocycles. The van der Waals surface area contributed by atoms with E-state index in [4.69, 9.17) is 9.47 Å². The number of aromatic nitrogens is 1. The molecule has 5 rings (SSSR count).